The van der Waals surface area contributed by atoms with Crippen molar-refractivity contribution in [2.45, 2.75) is 25.9 Å². The highest BCUT2D eigenvalue weighted by atomic mass is 32.2. The van der Waals surface area contributed by atoms with Gasteiger partial charge in [-0.3, -0.25) is 9.69 Å². The number of allylic oxidation sites excluding steroid dienone is 1. The average Bonchev–Trinajstić information content (AvgIpc) is 3.28. The molecule has 7 nitrogen and oxygen atoms in total. The number of hydrogen-bond donors (Lipinski definition) is 0. The summed E-state index contributed by atoms with van der Waals surface area (Å²) in [5, 5.41) is 0. The van der Waals surface area contributed by atoms with Crippen LogP contribution in [0, 0.1) is 6.92 Å². The minimum atomic E-state index is -3.00. The van der Waals surface area contributed by atoms with Crippen LogP contribution in [0.15, 0.2) is 36.1 Å². The maximum absolute atomic E-state index is 13.1. The zero-order valence-corrected chi connectivity index (χ0v) is 18.2. The van der Waals surface area contributed by atoms with Crippen molar-refractivity contribution in [2.24, 2.45) is 0 Å². The van der Waals surface area contributed by atoms with Crippen LogP contribution in [-0.4, -0.2) is 50.5 Å². The molecule has 0 spiro atoms. The number of ether oxygens (including phenoxy) is 3. The second-order valence-corrected chi connectivity index (χ2v) is 10.4. The number of aryl methyl sites for hydroxylation is 1. The summed E-state index contributed by atoms with van der Waals surface area (Å²) in [6.45, 7) is 2.68. The third-order valence-corrected chi connectivity index (χ3v) is 7.82. The highest BCUT2D eigenvalue weighted by Crippen LogP contribution is 2.44. The molecule has 0 amide bonds. The first-order valence-electron chi connectivity index (χ1n) is 10.2. The van der Waals surface area contributed by atoms with Gasteiger partial charge in [0.25, 0.3) is 0 Å². The Bertz CT molecular complexity index is 1220. The number of Topliss-reactive ketones (excluding diaryl/α,β-unsaturated/α-hetero) is 1. The monoisotopic (exact) mass is 441 g/mol. The largest absolute Gasteiger partial charge is 0.497 e. The fraction of sp³-hybridized carbons (Fsp3) is 0.348. The van der Waals surface area contributed by atoms with E-state index in [0.717, 1.165) is 16.7 Å². The Labute approximate surface area is 181 Å². The van der Waals surface area contributed by atoms with Crippen LogP contribution in [0.25, 0.3) is 6.08 Å². The van der Waals surface area contributed by atoms with Gasteiger partial charge in [-0.1, -0.05) is 12.1 Å². The summed E-state index contributed by atoms with van der Waals surface area (Å²) in [6, 6.07) is 9.19. The fourth-order valence-corrected chi connectivity index (χ4v) is 6.19. The maximum Gasteiger partial charge on any atom is 0.232 e. The van der Waals surface area contributed by atoms with Crippen molar-refractivity contribution in [1.29, 1.82) is 0 Å². The van der Waals surface area contributed by atoms with E-state index in [0.29, 0.717) is 42.5 Å². The van der Waals surface area contributed by atoms with Gasteiger partial charge in [0.2, 0.25) is 5.78 Å². The van der Waals surface area contributed by atoms with Crippen molar-refractivity contribution in [2.75, 3.05) is 25.3 Å². The van der Waals surface area contributed by atoms with E-state index >= 15 is 0 Å². The molecule has 1 atom stereocenters. The van der Waals surface area contributed by atoms with Gasteiger partial charge in [-0.25, -0.2) is 8.42 Å². The van der Waals surface area contributed by atoms with Gasteiger partial charge in [0.1, 0.15) is 24.0 Å². The molecule has 0 aliphatic carbocycles. The van der Waals surface area contributed by atoms with Crippen molar-refractivity contribution in [3.8, 4) is 17.2 Å². The first-order chi connectivity index (χ1) is 14.8. The number of ketones is 1. The molecular formula is C23H23NO6S. The second-order valence-electron chi connectivity index (χ2n) is 8.17. The highest BCUT2D eigenvalue weighted by Gasteiger charge is 2.39. The van der Waals surface area contributed by atoms with Crippen molar-refractivity contribution in [3.63, 3.8) is 0 Å². The Morgan fingerprint density at radius 2 is 2.10 bits per heavy atom. The molecule has 0 saturated carbocycles. The number of rotatable bonds is 3. The molecule has 5 rings (SSSR count). The number of carbonyl (C=O) groups excluding carboxylic acids is 1. The van der Waals surface area contributed by atoms with Crippen molar-refractivity contribution < 1.29 is 27.4 Å². The molecule has 0 N–H and O–H groups in total. The zero-order valence-electron chi connectivity index (χ0n) is 17.4. The fourth-order valence-electron chi connectivity index (χ4n) is 4.43. The molecule has 0 radical (unpaired) electrons. The first kappa shape index (κ1) is 20.1. The van der Waals surface area contributed by atoms with Crippen molar-refractivity contribution in [1.82, 2.24) is 4.90 Å². The second kappa shape index (κ2) is 7.39. The van der Waals surface area contributed by atoms with Crippen molar-refractivity contribution >= 4 is 21.7 Å². The molecule has 3 aliphatic rings. The van der Waals surface area contributed by atoms with Gasteiger partial charge >= 0.3 is 0 Å². The quantitative estimate of drug-likeness (QED) is 0.678. The lowest BCUT2D eigenvalue weighted by molar-refractivity contribution is 0.0633. The van der Waals surface area contributed by atoms with E-state index in [1.54, 1.807) is 13.2 Å². The number of fused-ring (bicyclic) bond motifs is 3. The lowest BCUT2D eigenvalue weighted by Gasteiger charge is -2.33. The zero-order chi connectivity index (χ0) is 21.8. The Balaban J connectivity index is 1.48. The molecule has 0 bridgehead atoms. The Kier molecular flexibility index (Phi) is 4.79. The molecule has 162 valence electrons. The van der Waals surface area contributed by atoms with E-state index in [1.807, 2.05) is 42.2 Å². The summed E-state index contributed by atoms with van der Waals surface area (Å²) in [7, 11) is -1.41. The maximum atomic E-state index is 13.1. The SMILES string of the molecule is COc1cccc(/C=C2\Oc3c4c(cc(C)c3C2=O)OCN(C2CCS(=O)(=O)C2)C4)c1. The normalized spacial score (nSPS) is 23.2. The number of benzene rings is 2. The topological polar surface area (TPSA) is 82.1 Å². The number of methoxy groups -OCH3 is 1. The predicted molar refractivity (Wildman–Crippen MR) is 115 cm³/mol. The molecule has 2 aromatic carbocycles. The van der Waals surface area contributed by atoms with Crippen LogP contribution in [0.3, 0.4) is 0 Å². The lowest BCUT2D eigenvalue weighted by atomic mass is 9.98. The summed E-state index contributed by atoms with van der Waals surface area (Å²) in [5.74, 6) is 2.32. The molecule has 1 unspecified atom stereocenters. The summed E-state index contributed by atoms with van der Waals surface area (Å²) in [5.41, 5.74) is 2.93. The molecule has 1 saturated heterocycles. The number of hydrogen-bond acceptors (Lipinski definition) is 7. The number of sulfone groups is 1. The standard InChI is InChI=1S/C23H23NO6S/c1-14-8-19-18(11-24(13-29-19)16-6-7-31(26,27)12-16)23-21(14)22(25)20(30-23)10-15-4-3-5-17(9-15)28-2/h3-5,8-10,16H,6-7,11-13H2,1-2H3/b20-10-. The van der Waals surface area contributed by atoms with Crippen LogP contribution in [0.1, 0.15) is 33.5 Å². The van der Waals surface area contributed by atoms with Gasteiger partial charge in [-0.05, 0) is 48.7 Å². The molecule has 8 heteroatoms. The minimum Gasteiger partial charge on any atom is -0.497 e. The predicted octanol–water partition coefficient (Wildman–Crippen LogP) is 2.96. The van der Waals surface area contributed by atoms with E-state index < -0.39 is 9.84 Å². The van der Waals surface area contributed by atoms with E-state index in [9.17, 15) is 13.2 Å². The molecule has 31 heavy (non-hydrogen) atoms. The molecular weight excluding hydrogens is 418 g/mol. The Morgan fingerprint density at radius 3 is 2.84 bits per heavy atom. The Hall–Kier alpha value is -2.84. The Morgan fingerprint density at radius 1 is 1.26 bits per heavy atom. The summed E-state index contributed by atoms with van der Waals surface area (Å²) < 4.78 is 41.1. The average molecular weight is 442 g/mol. The van der Waals surface area contributed by atoms with Crippen LogP contribution >= 0.6 is 0 Å². The van der Waals surface area contributed by atoms with E-state index in [2.05, 4.69) is 0 Å². The van der Waals surface area contributed by atoms with Crippen LogP contribution in [0.2, 0.25) is 0 Å². The smallest absolute Gasteiger partial charge is 0.232 e. The van der Waals surface area contributed by atoms with Crippen LogP contribution in [0.5, 0.6) is 17.2 Å². The molecule has 0 aromatic heterocycles. The minimum absolute atomic E-state index is 0.0843. The van der Waals surface area contributed by atoms with E-state index in [4.69, 9.17) is 14.2 Å². The van der Waals surface area contributed by atoms with Gasteiger partial charge in [0, 0.05) is 12.6 Å². The number of carbonyl (C=O) groups is 1. The lowest BCUT2D eigenvalue weighted by Crippen LogP contribution is -2.41. The van der Waals surface area contributed by atoms with Crippen LogP contribution in [-0.2, 0) is 16.4 Å². The van der Waals surface area contributed by atoms with E-state index in [1.165, 1.54) is 0 Å². The van der Waals surface area contributed by atoms with Crippen LogP contribution < -0.4 is 14.2 Å². The third-order valence-electron chi connectivity index (χ3n) is 6.07. The van der Waals surface area contributed by atoms with E-state index in [-0.39, 0.29) is 29.1 Å². The summed E-state index contributed by atoms with van der Waals surface area (Å²) in [4.78, 5) is 15.1. The summed E-state index contributed by atoms with van der Waals surface area (Å²) in [6.07, 6.45) is 2.30. The molecule has 2 aromatic rings. The van der Waals surface area contributed by atoms with Gasteiger partial charge in [0.15, 0.2) is 15.6 Å². The first-order valence-corrected chi connectivity index (χ1v) is 12.0. The van der Waals surface area contributed by atoms with Crippen LogP contribution in [0.4, 0.5) is 0 Å². The van der Waals surface area contributed by atoms with Gasteiger partial charge in [-0.15, -0.1) is 0 Å². The number of nitrogens with zero attached hydrogens (tertiary/aromatic N) is 1. The van der Waals surface area contributed by atoms with Crippen molar-refractivity contribution in [3.05, 3.63) is 58.3 Å². The molecule has 3 aliphatic heterocycles. The third kappa shape index (κ3) is 3.59. The van der Waals surface area contributed by atoms with Gasteiger partial charge < -0.3 is 14.2 Å². The van der Waals surface area contributed by atoms with Gasteiger partial charge in [-0.2, -0.15) is 0 Å². The summed E-state index contributed by atoms with van der Waals surface area (Å²) >= 11 is 0. The van der Waals surface area contributed by atoms with Gasteiger partial charge in [0.05, 0.1) is 29.7 Å². The molecule has 1 fully saturated rings. The molecule has 3 heterocycles. The highest BCUT2D eigenvalue weighted by molar-refractivity contribution is 7.91.